The molecule has 0 radical (unpaired) electrons. The molecule has 0 saturated carbocycles. The Morgan fingerprint density at radius 3 is 2.74 bits per heavy atom. The molecule has 1 aliphatic heterocycles. The second-order valence-electron chi connectivity index (χ2n) is 6.98. The summed E-state index contributed by atoms with van der Waals surface area (Å²) in [6.07, 6.45) is 7.55. The third-order valence-corrected chi connectivity index (χ3v) is 5.75. The predicted molar refractivity (Wildman–Crippen MR) is 116 cm³/mol. The SMILES string of the molecule is CCOC(=O)NC(=O)c1ccsc1NC(=O)c1cnc2c(N3CCCCC3)cnn2c1. The molecule has 1 fully saturated rings. The van der Waals surface area contributed by atoms with Gasteiger partial charge in [0.2, 0.25) is 0 Å². The second-order valence-corrected chi connectivity index (χ2v) is 7.90. The zero-order valence-electron chi connectivity index (χ0n) is 17.0. The lowest BCUT2D eigenvalue weighted by atomic mass is 10.1. The molecule has 4 rings (SSSR count). The van der Waals surface area contributed by atoms with Crippen LogP contribution in [0, 0.1) is 0 Å². The summed E-state index contributed by atoms with van der Waals surface area (Å²) in [5.41, 5.74) is 2.13. The standard InChI is InChI=1S/C20H22N6O4S/c1-2-30-20(29)24-18(28)14-6-9-31-19(14)23-17(27)13-10-21-16-15(11-22-26(16)12-13)25-7-4-3-5-8-25/h6,9-12H,2-5,7-8H2,1H3,(H,23,27)(H,24,28,29). The van der Waals surface area contributed by atoms with Gasteiger partial charge in [0.1, 0.15) is 10.7 Å². The number of alkyl carbamates (subject to hydrolysis) is 1. The van der Waals surface area contributed by atoms with Crippen LogP contribution in [-0.4, -0.2) is 52.2 Å². The van der Waals surface area contributed by atoms with Gasteiger partial charge >= 0.3 is 6.09 Å². The van der Waals surface area contributed by atoms with Crippen molar-refractivity contribution in [3.8, 4) is 0 Å². The molecule has 0 aliphatic carbocycles. The predicted octanol–water partition coefficient (Wildman–Crippen LogP) is 2.92. The molecule has 1 saturated heterocycles. The zero-order chi connectivity index (χ0) is 21.8. The Labute approximate surface area is 182 Å². The van der Waals surface area contributed by atoms with Gasteiger partial charge in [0, 0.05) is 25.5 Å². The molecule has 0 atom stereocenters. The fraction of sp³-hybridized carbons (Fsp3) is 0.350. The van der Waals surface area contributed by atoms with Crippen LogP contribution >= 0.6 is 11.3 Å². The Morgan fingerprint density at radius 1 is 1.16 bits per heavy atom. The summed E-state index contributed by atoms with van der Waals surface area (Å²) in [5, 5.41) is 11.1. The first-order chi connectivity index (χ1) is 15.1. The Hall–Kier alpha value is -3.47. The Bertz CT molecular complexity index is 1120. The van der Waals surface area contributed by atoms with E-state index in [2.05, 4.69) is 25.6 Å². The van der Waals surface area contributed by atoms with E-state index in [4.69, 9.17) is 4.74 Å². The first-order valence-corrected chi connectivity index (χ1v) is 10.9. The third-order valence-electron chi connectivity index (χ3n) is 4.92. The van der Waals surface area contributed by atoms with Crippen LogP contribution in [0.15, 0.2) is 30.0 Å². The average molecular weight is 443 g/mol. The maximum Gasteiger partial charge on any atom is 0.414 e. The number of carbonyl (C=O) groups excluding carboxylic acids is 3. The molecule has 0 bridgehead atoms. The van der Waals surface area contributed by atoms with Gasteiger partial charge in [0.25, 0.3) is 11.8 Å². The number of thiophene rings is 1. The molecular formula is C20H22N6O4S. The van der Waals surface area contributed by atoms with Gasteiger partial charge in [-0.25, -0.2) is 14.3 Å². The molecule has 0 spiro atoms. The first-order valence-electron chi connectivity index (χ1n) is 10.0. The van der Waals surface area contributed by atoms with Crippen LogP contribution in [0.3, 0.4) is 0 Å². The van der Waals surface area contributed by atoms with Gasteiger partial charge in [-0.2, -0.15) is 5.10 Å². The second kappa shape index (κ2) is 9.13. The number of carbonyl (C=O) groups is 3. The number of nitrogens with one attached hydrogen (secondary N) is 2. The maximum atomic E-state index is 12.7. The number of imide groups is 1. The van der Waals surface area contributed by atoms with Gasteiger partial charge in [-0.3, -0.25) is 14.9 Å². The first kappa shape index (κ1) is 20.8. The number of nitrogens with zero attached hydrogens (tertiary/aromatic N) is 4. The van der Waals surface area contributed by atoms with Crippen molar-refractivity contribution in [2.24, 2.45) is 0 Å². The molecule has 3 aromatic heterocycles. The zero-order valence-corrected chi connectivity index (χ0v) is 17.8. The number of ether oxygens (including phenoxy) is 1. The van der Waals surface area contributed by atoms with Crippen molar-refractivity contribution in [2.75, 3.05) is 29.9 Å². The summed E-state index contributed by atoms with van der Waals surface area (Å²) < 4.78 is 6.30. The van der Waals surface area contributed by atoms with Crippen molar-refractivity contribution in [3.05, 3.63) is 41.2 Å². The van der Waals surface area contributed by atoms with E-state index in [1.54, 1.807) is 29.2 Å². The summed E-state index contributed by atoms with van der Waals surface area (Å²) in [6, 6.07) is 1.52. The summed E-state index contributed by atoms with van der Waals surface area (Å²) in [6.45, 7) is 3.73. The summed E-state index contributed by atoms with van der Waals surface area (Å²) >= 11 is 1.17. The number of hydrogen-bond acceptors (Lipinski definition) is 8. The van der Waals surface area contributed by atoms with Crippen molar-refractivity contribution in [2.45, 2.75) is 26.2 Å². The molecule has 3 amide bonds. The van der Waals surface area contributed by atoms with E-state index in [-0.39, 0.29) is 12.2 Å². The molecule has 10 nitrogen and oxygen atoms in total. The van der Waals surface area contributed by atoms with E-state index in [9.17, 15) is 14.4 Å². The lowest BCUT2D eigenvalue weighted by Gasteiger charge is -2.27. The normalized spacial score (nSPS) is 13.8. The molecule has 1 aliphatic rings. The van der Waals surface area contributed by atoms with Crippen LogP contribution in [0.2, 0.25) is 0 Å². The van der Waals surface area contributed by atoms with Gasteiger partial charge in [-0.15, -0.1) is 11.3 Å². The minimum atomic E-state index is -0.839. The minimum absolute atomic E-state index is 0.148. The van der Waals surface area contributed by atoms with Crippen molar-refractivity contribution in [3.63, 3.8) is 0 Å². The van der Waals surface area contributed by atoms with Crippen molar-refractivity contribution in [1.82, 2.24) is 19.9 Å². The molecule has 3 aromatic rings. The molecule has 11 heteroatoms. The minimum Gasteiger partial charge on any atom is -0.450 e. The van der Waals surface area contributed by atoms with E-state index in [1.165, 1.54) is 30.0 Å². The van der Waals surface area contributed by atoms with Crippen LogP contribution in [-0.2, 0) is 4.74 Å². The highest BCUT2D eigenvalue weighted by atomic mass is 32.1. The van der Waals surface area contributed by atoms with Crippen molar-refractivity contribution < 1.29 is 19.1 Å². The number of amides is 3. The molecule has 2 N–H and O–H groups in total. The monoisotopic (exact) mass is 442 g/mol. The lowest BCUT2D eigenvalue weighted by molar-refractivity contribution is 0.0926. The van der Waals surface area contributed by atoms with E-state index in [1.807, 2.05) is 0 Å². The number of piperidine rings is 1. The molecule has 4 heterocycles. The fourth-order valence-electron chi connectivity index (χ4n) is 3.42. The lowest BCUT2D eigenvalue weighted by Crippen LogP contribution is -2.31. The van der Waals surface area contributed by atoms with E-state index in [0.29, 0.717) is 16.2 Å². The van der Waals surface area contributed by atoms with E-state index < -0.39 is 17.9 Å². The number of fused-ring (bicyclic) bond motifs is 1. The molecule has 162 valence electrons. The number of aromatic nitrogens is 3. The van der Waals surface area contributed by atoms with Gasteiger partial charge in [-0.05, 0) is 37.6 Å². The van der Waals surface area contributed by atoms with Gasteiger partial charge < -0.3 is 15.0 Å². The Kier molecular flexibility index (Phi) is 6.12. The van der Waals surface area contributed by atoms with Crippen LogP contribution in [0.4, 0.5) is 15.5 Å². The molecule has 31 heavy (non-hydrogen) atoms. The quantitative estimate of drug-likeness (QED) is 0.624. The summed E-state index contributed by atoms with van der Waals surface area (Å²) in [4.78, 5) is 43.2. The molecular weight excluding hydrogens is 420 g/mol. The fourth-order valence-corrected chi connectivity index (χ4v) is 4.20. The maximum absolute atomic E-state index is 12.7. The third kappa shape index (κ3) is 4.50. The summed E-state index contributed by atoms with van der Waals surface area (Å²) in [5.74, 6) is -1.08. The molecule has 0 unspecified atom stereocenters. The Morgan fingerprint density at radius 2 is 1.97 bits per heavy atom. The van der Waals surface area contributed by atoms with Gasteiger partial charge in [-0.1, -0.05) is 0 Å². The summed E-state index contributed by atoms with van der Waals surface area (Å²) in [7, 11) is 0. The van der Waals surface area contributed by atoms with Crippen molar-refractivity contribution in [1.29, 1.82) is 0 Å². The molecule has 0 aromatic carbocycles. The average Bonchev–Trinajstić information content (AvgIpc) is 3.41. The van der Waals surface area contributed by atoms with E-state index in [0.717, 1.165) is 31.6 Å². The van der Waals surface area contributed by atoms with E-state index >= 15 is 0 Å². The number of rotatable bonds is 5. The number of hydrogen-bond donors (Lipinski definition) is 2. The Balaban J connectivity index is 1.49. The smallest absolute Gasteiger partial charge is 0.414 e. The van der Waals surface area contributed by atoms with Gasteiger partial charge in [0.05, 0.1) is 23.9 Å². The van der Waals surface area contributed by atoms with Gasteiger partial charge in [0.15, 0.2) is 5.65 Å². The van der Waals surface area contributed by atoms with Crippen LogP contribution in [0.5, 0.6) is 0 Å². The van der Waals surface area contributed by atoms with Crippen LogP contribution in [0.25, 0.3) is 5.65 Å². The number of anilines is 2. The highest BCUT2D eigenvalue weighted by molar-refractivity contribution is 7.14. The highest BCUT2D eigenvalue weighted by Gasteiger charge is 2.20. The van der Waals surface area contributed by atoms with Crippen LogP contribution in [0.1, 0.15) is 46.9 Å². The highest BCUT2D eigenvalue weighted by Crippen LogP contribution is 2.25. The van der Waals surface area contributed by atoms with Crippen LogP contribution < -0.4 is 15.5 Å². The largest absolute Gasteiger partial charge is 0.450 e. The topological polar surface area (TPSA) is 118 Å². The van der Waals surface area contributed by atoms with Crippen molar-refractivity contribution >= 4 is 45.6 Å².